The Kier molecular flexibility index (Phi) is 4.43. The molecule has 0 heterocycles. The molecule has 5 heteroatoms. The highest BCUT2D eigenvalue weighted by Gasteiger charge is 2.28. The molecule has 0 spiro atoms. The van der Waals surface area contributed by atoms with Crippen LogP contribution < -0.4 is 0 Å². The lowest BCUT2D eigenvalue weighted by atomic mass is 10.0. The second kappa shape index (κ2) is 6.10. The van der Waals surface area contributed by atoms with E-state index in [9.17, 15) is 18.3 Å². The molecule has 1 atom stereocenters. The van der Waals surface area contributed by atoms with Gasteiger partial charge in [0.2, 0.25) is 0 Å². The van der Waals surface area contributed by atoms with Crippen LogP contribution in [0.15, 0.2) is 59.5 Å². The monoisotopic (exact) mass is 304 g/mol. The summed E-state index contributed by atoms with van der Waals surface area (Å²) in [5.74, 6) is -2.66. The fraction of sp³-hybridized carbons (Fsp3) is 0.188. The summed E-state index contributed by atoms with van der Waals surface area (Å²) in [4.78, 5) is 11.6. The van der Waals surface area contributed by atoms with Gasteiger partial charge in [0.15, 0.2) is 9.84 Å². The number of benzene rings is 2. The van der Waals surface area contributed by atoms with Gasteiger partial charge in [-0.3, -0.25) is 4.79 Å². The average molecular weight is 304 g/mol. The lowest BCUT2D eigenvalue weighted by molar-refractivity contribution is -0.138. The summed E-state index contributed by atoms with van der Waals surface area (Å²) >= 11 is 0. The molecule has 2 aromatic carbocycles. The third kappa shape index (κ3) is 3.49. The van der Waals surface area contributed by atoms with E-state index in [4.69, 9.17) is 0 Å². The predicted molar refractivity (Wildman–Crippen MR) is 80.1 cm³/mol. The Labute approximate surface area is 124 Å². The fourth-order valence-electron chi connectivity index (χ4n) is 2.21. The van der Waals surface area contributed by atoms with E-state index in [0.29, 0.717) is 11.1 Å². The van der Waals surface area contributed by atoms with E-state index >= 15 is 0 Å². The minimum Gasteiger partial charge on any atom is -0.481 e. The fourth-order valence-corrected chi connectivity index (χ4v) is 4.01. The van der Waals surface area contributed by atoms with E-state index in [1.54, 1.807) is 55.5 Å². The van der Waals surface area contributed by atoms with E-state index in [1.165, 1.54) is 6.07 Å². The standard InChI is InChI=1S/C16H16O4S/c1-12-7-5-6-10-15(12)21(19,20)11-14(16(17)18)13-8-3-2-4-9-13/h2-10,14H,11H2,1H3,(H,17,18). The van der Waals surface area contributed by atoms with Gasteiger partial charge in [-0.2, -0.15) is 0 Å². The Bertz CT molecular complexity index is 736. The molecule has 0 fully saturated rings. The van der Waals surface area contributed by atoms with Gasteiger partial charge in [0, 0.05) is 0 Å². The molecule has 0 saturated heterocycles. The summed E-state index contributed by atoms with van der Waals surface area (Å²) in [5.41, 5.74) is 1.11. The van der Waals surface area contributed by atoms with Gasteiger partial charge in [-0.05, 0) is 24.1 Å². The number of sulfone groups is 1. The van der Waals surface area contributed by atoms with E-state index in [-0.39, 0.29) is 4.90 Å². The van der Waals surface area contributed by atoms with Crippen LogP contribution in [-0.4, -0.2) is 25.2 Å². The number of aryl methyl sites for hydroxylation is 1. The number of hydrogen-bond acceptors (Lipinski definition) is 3. The van der Waals surface area contributed by atoms with Gasteiger partial charge in [-0.15, -0.1) is 0 Å². The van der Waals surface area contributed by atoms with Crippen LogP contribution >= 0.6 is 0 Å². The summed E-state index contributed by atoms with van der Waals surface area (Å²) in [7, 11) is -3.66. The van der Waals surface area contributed by atoms with Crippen LogP contribution in [0.25, 0.3) is 0 Å². The minimum atomic E-state index is -3.66. The van der Waals surface area contributed by atoms with Crippen molar-refractivity contribution >= 4 is 15.8 Å². The number of carbonyl (C=O) groups is 1. The summed E-state index contributed by atoms with van der Waals surface area (Å²) in [6.07, 6.45) is 0. The first-order valence-electron chi connectivity index (χ1n) is 6.48. The Morgan fingerprint density at radius 2 is 1.62 bits per heavy atom. The molecule has 110 valence electrons. The van der Waals surface area contributed by atoms with Gasteiger partial charge in [-0.1, -0.05) is 48.5 Å². The van der Waals surface area contributed by atoms with Crippen molar-refractivity contribution in [2.45, 2.75) is 17.7 Å². The first-order chi connectivity index (χ1) is 9.92. The molecule has 0 aliphatic carbocycles. The second-order valence-corrected chi connectivity index (χ2v) is 6.85. The van der Waals surface area contributed by atoms with Crippen LogP contribution in [0.1, 0.15) is 17.0 Å². The predicted octanol–water partition coefficient (Wildman–Crippen LogP) is 2.64. The molecule has 21 heavy (non-hydrogen) atoms. The molecule has 0 bridgehead atoms. The molecular weight excluding hydrogens is 288 g/mol. The van der Waals surface area contributed by atoms with E-state index in [2.05, 4.69) is 0 Å². The van der Waals surface area contributed by atoms with Crippen molar-refractivity contribution in [1.29, 1.82) is 0 Å². The lowest BCUT2D eigenvalue weighted by Gasteiger charge is -2.14. The highest BCUT2D eigenvalue weighted by Crippen LogP contribution is 2.24. The molecule has 0 aromatic heterocycles. The van der Waals surface area contributed by atoms with Crippen LogP contribution in [0.5, 0.6) is 0 Å². The van der Waals surface area contributed by atoms with Crippen molar-refractivity contribution in [3.8, 4) is 0 Å². The third-order valence-corrected chi connectivity index (χ3v) is 5.22. The smallest absolute Gasteiger partial charge is 0.312 e. The summed E-state index contributed by atoms with van der Waals surface area (Å²) in [6.45, 7) is 1.70. The molecule has 2 rings (SSSR count). The Morgan fingerprint density at radius 1 is 1.05 bits per heavy atom. The van der Waals surface area contributed by atoms with Crippen LogP contribution in [0.3, 0.4) is 0 Å². The van der Waals surface area contributed by atoms with E-state index in [1.807, 2.05) is 0 Å². The van der Waals surface area contributed by atoms with Crippen molar-refractivity contribution in [2.24, 2.45) is 0 Å². The van der Waals surface area contributed by atoms with Crippen molar-refractivity contribution < 1.29 is 18.3 Å². The van der Waals surface area contributed by atoms with Gasteiger partial charge < -0.3 is 5.11 Å². The summed E-state index contributed by atoms with van der Waals surface area (Å²) in [6, 6.07) is 15.0. The maximum absolute atomic E-state index is 12.5. The van der Waals surface area contributed by atoms with Gasteiger partial charge >= 0.3 is 5.97 Å². The largest absolute Gasteiger partial charge is 0.481 e. The molecule has 0 aliphatic heterocycles. The third-order valence-electron chi connectivity index (χ3n) is 3.31. The molecule has 4 nitrogen and oxygen atoms in total. The molecule has 0 saturated carbocycles. The number of aliphatic carboxylic acids is 1. The second-order valence-electron chi connectivity index (χ2n) is 4.85. The zero-order valence-electron chi connectivity index (χ0n) is 11.6. The normalized spacial score (nSPS) is 12.8. The highest BCUT2D eigenvalue weighted by molar-refractivity contribution is 7.91. The Morgan fingerprint density at radius 3 is 2.19 bits per heavy atom. The maximum atomic E-state index is 12.5. The Hall–Kier alpha value is -2.14. The van der Waals surface area contributed by atoms with Crippen LogP contribution in [0.4, 0.5) is 0 Å². The Balaban J connectivity index is 2.38. The van der Waals surface area contributed by atoms with Gasteiger partial charge in [0.05, 0.1) is 16.6 Å². The van der Waals surface area contributed by atoms with Gasteiger partial charge in [0.25, 0.3) is 0 Å². The highest BCUT2D eigenvalue weighted by atomic mass is 32.2. The van der Waals surface area contributed by atoms with E-state index in [0.717, 1.165) is 0 Å². The van der Waals surface area contributed by atoms with Crippen LogP contribution in [-0.2, 0) is 14.6 Å². The van der Waals surface area contributed by atoms with Crippen molar-refractivity contribution in [2.75, 3.05) is 5.75 Å². The first kappa shape index (κ1) is 15.3. The SMILES string of the molecule is Cc1ccccc1S(=O)(=O)CC(C(=O)O)c1ccccc1. The molecule has 0 radical (unpaired) electrons. The first-order valence-corrected chi connectivity index (χ1v) is 8.13. The molecular formula is C16H16O4S. The van der Waals surface area contributed by atoms with Crippen molar-refractivity contribution in [1.82, 2.24) is 0 Å². The number of rotatable bonds is 5. The quantitative estimate of drug-likeness (QED) is 0.921. The number of carboxylic acids is 1. The molecule has 0 amide bonds. The summed E-state index contributed by atoms with van der Waals surface area (Å²) < 4.78 is 25.0. The number of carboxylic acid groups (broad SMARTS) is 1. The zero-order valence-corrected chi connectivity index (χ0v) is 12.4. The van der Waals surface area contributed by atoms with Crippen LogP contribution in [0.2, 0.25) is 0 Å². The summed E-state index contributed by atoms with van der Waals surface area (Å²) in [5, 5.41) is 9.34. The molecule has 1 N–H and O–H groups in total. The van der Waals surface area contributed by atoms with E-state index < -0.39 is 27.5 Å². The van der Waals surface area contributed by atoms with Crippen molar-refractivity contribution in [3.63, 3.8) is 0 Å². The van der Waals surface area contributed by atoms with Crippen molar-refractivity contribution in [3.05, 3.63) is 65.7 Å². The van der Waals surface area contributed by atoms with Gasteiger partial charge in [-0.25, -0.2) is 8.42 Å². The lowest BCUT2D eigenvalue weighted by Crippen LogP contribution is -2.22. The maximum Gasteiger partial charge on any atom is 0.312 e. The average Bonchev–Trinajstić information content (AvgIpc) is 2.46. The molecule has 1 unspecified atom stereocenters. The van der Waals surface area contributed by atoms with Gasteiger partial charge in [0.1, 0.15) is 0 Å². The molecule has 2 aromatic rings. The van der Waals surface area contributed by atoms with Crippen LogP contribution in [0, 0.1) is 6.92 Å². The minimum absolute atomic E-state index is 0.187. The number of hydrogen-bond donors (Lipinski definition) is 1. The molecule has 0 aliphatic rings. The zero-order chi connectivity index (χ0) is 15.5. The topological polar surface area (TPSA) is 71.4 Å².